The quantitative estimate of drug-likeness (QED) is 0.847. The SMILES string of the molecule is CSCCN1CC2(CCCC2)NCC12CCCC2. The molecule has 2 nitrogen and oxygen atoms in total. The molecule has 0 radical (unpaired) electrons. The van der Waals surface area contributed by atoms with E-state index in [-0.39, 0.29) is 0 Å². The number of hydrogen-bond donors (Lipinski definition) is 1. The van der Waals surface area contributed by atoms with Gasteiger partial charge < -0.3 is 5.32 Å². The van der Waals surface area contributed by atoms with Crippen LogP contribution in [0.4, 0.5) is 0 Å². The third-order valence-corrected chi connectivity index (χ3v) is 6.21. The molecule has 18 heavy (non-hydrogen) atoms. The van der Waals surface area contributed by atoms with Crippen molar-refractivity contribution >= 4 is 11.8 Å². The van der Waals surface area contributed by atoms with Crippen LogP contribution < -0.4 is 5.32 Å². The summed E-state index contributed by atoms with van der Waals surface area (Å²) in [4.78, 5) is 2.89. The lowest BCUT2D eigenvalue weighted by atomic mass is 9.84. The largest absolute Gasteiger partial charge is 0.308 e. The Morgan fingerprint density at radius 3 is 2.39 bits per heavy atom. The molecular weight excluding hydrogens is 240 g/mol. The first kappa shape index (κ1) is 13.3. The Kier molecular flexibility index (Phi) is 3.93. The molecule has 0 atom stereocenters. The third-order valence-electron chi connectivity index (χ3n) is 5.62. The van der Waals surface area contributed by atoms with E-state index in [1.54, 1.807) is 0 Å². The first-order valence-corrected chi connectivity index (χ1v) is 9.17. The van der Waals surface area contributed by atoms with Crippen LogP contribution in [0.3, 0.4) is 0 Å². The highest BCUT2D eigenvalue weighted by Crippen LogP contribution is 2.42. The summed E-state index contributed by atoms with van der Waals surface area (Å²) in [6.07, 6.45) is 13.7. The van der Waals surface area contributed by atoms with Crippen molar-refractivity contribution < 1.29 is 0 Å². The highest BCUT2D eigenvalue weighted by Gasteiger charge is 2.48. The van der Waals surface area contributed by atoms with Gasteiger partial charge in [-0.2, -0.15) is 11.8 Å². The fourth-order valence-corrected chi connectivity index (χ4v) is 4.89. The summed E-state index contributed by atoms with van der Waals surface area (Å²) in [5.74, 6) is 1.30. The van der Waals surface area contributed by atoms with E-state index in [9.17, 15) is 0 Å². The number of thioether (sulfide) groups is 1. The van der Waals surface area contributed by atoms with Gasteiger partial charge in [0, 0.05) is 36.5 Å². The van der Waals surface area contributed by atoms with Gasteiger partial charge in [-0.05, 0) is 31.9 Å². The standard InChI is InChI=1S/C15H28N2S/c1-18-11-10-17-13-14(6-2-3-7-14)16-12-15(17)8-4-5-9-15/h16H,2-13H2,1H3. The first-order valence-electron chi connectivity index (χ1n) is 7.78. The highest BCUT2D eigenvalue weighted by atomic mass is 32.2. The van der Waals surface area contributed by atoms with E-state index in [1.807, 2.05) is 11.8 Å². The van der Waals surface area contributed by atoms with Crippen LogP contribution in [0.2, 0.25) is 0 Å². The minimum Gasteiger partial charge on any atom is -0.308 e. The van der Waals surface area contributed by atoms with Crippen molar-refractivity contribution in [1.82, 2.24) is 10.2 Å². The summed E-state index contributed by atoms with van der Waals surface area (Å²) < 4.78 is 0. The van der Waals surface area contributed by atoms with Crippen molar-refractivity contribution in [2.45, 2.75) is 62.4 Å². The minimum atomic E-state index is 0.492. The Bertz CT molecular complexity index is 280. The average molecular weight is 268 g/mol. The van der Waals surface area contributed by atoms with Crippen LogP contribution in [0.25, 0.3) is 0 Å². The molecule has 1 aliphatic heterocycles. The van der Waals surface area contributed by atoms with E-state index < -0.39 is 0 Å². The third kappa shape index (κ3) is 2.34. The molecule has 3 rings (SSSR count). The van der Waals surface area contributed by atoms with Crippen molar-refractivity contribution in [3.05, 3.63) is 0 Å². The summed E-state index contributed by atoms with van der Waals surface area (Å²) in [7, 11) is 0. The molecule has 0 unspecified atom stereocenters. The summed E-state index contributed by atoms with van der Waals surface area (Å²) in [6.45, 7) is 3.90. The Balaban J connectivity index is 1.72. The molecule has 0 aromatic heterocycles. The number of nitrogens with zero attached hydrogens (tertiary/aromatic N) is 1. The van der Waals surface area contributed by atoms with E-state index in [1.165, 1.54) is 76.8 Å². The lowest BCUT2D eigenvalue weighted by molar-refractivity contribution is 0.0145. The predicted octanol–water partition coefficient (Wildman–Crippen LogP) is 2.88. The zero-order valence-corrected chi connectivity index (χ0v) is 12.7. The van der Waals surface area contributed by atoms with E-state index in [0.29, 0.717) is 11.1 Å². The minimum absolute atomic E-state index is 0.492. The second-order valence-corrected chi connectivity index (χ2v) is 7.67. The molecule has 0 aromatic rings. The number of nitrogens with one attached hydrogen (secondary N) is 1. The molecule has 0 bridgehead atoms. The van der Waals surface area contributed by atoms with Crippen LogP contribution in [0.1, 0.15) is 51.4 Å². The van der Waals surface area contributed by atoms with Crippen LogP contribution in [-0.4, -0.2) is 47.6 Å². The monoisotopic (exact) mass is 268 g/mol. The molecule has 2 spiro atoms. The van der Waals surface area contributed by atoms with E-state index >= 15 is 0 Å². The van der Waals surface area contributed by atoms with Crippen LogP contribution in [0.15, 0.2) is 0 Å². The van der Waals surface area contributed by atoms with Crippen molar-refractivity contribution in [3.63, 3.8) is 0 Å². The van der Waals surface area contributed by atoms with Crippen LogP contribution >= 0.6 is 11.8 Å². The van der Waals surface area contributed by atoms with Crippen molar-refractivity contribution in [1.29, 1.82) is 0 Å². The van der Waals surface area contributed by atoms with Crippen molar-refractivity contribution in [2.75, 3.05) is 31.6 Å². The maximum atomic E-state index is 3.99. The van der Waals surface area contributed by atoms with E-state index in [2.05, 4.69) is 16.5 Å². The van der Waals surface area contributed by atoms with Gasteiger partial charge in [-0.3, -0.25) is 4.90 Å². The second kappa shape index (κ2) is 5.34. The number of rotatable bonds is 3. The fourth-order valence-electron chi connectivity index (χ4n) is 4.48. The van der Waals surface area contributed by atoms with Gasteiger partial charge in [0.25, 0.3) is 0 Å². The maximum absolute atomic E-state index is 3.99. The Hall–Kier alpha value is 0.270. The molecule has 3 fully saturated rings. The molecule has 2 saturated carbocycles. The summed E-state index contributed by atoms with van der Waals surface area (Å²) in [5.41, 5.74) is 1.02. The predicted molar refractivity (Wildman–Crippen MR) is 80.4 cm³/mol. The smallest absolute Gasteiger partial charge is 0.0335 e. The average Bonchev–Trinajstić information content (AvgIpc) is 3.02. The van der Waals surface area contributed by atoms with Crippen LogP contribution in [-0.2, 0) is 0 Å². The molecule has 0 amide bonds. The molecule has 3 aliphatic rings. The molecule has 1 heterocycles. The van der Waals surface area contributed by atoms with Gasteiger partial charge in [0.05, 0.1) is 0 Å². The van der Waals surface area contributed by atoms with E-state index in [0.717, 1.165) is 0 Å². The summed E-state index contributed by atoms with van der Waals surface area (Å²) in [6, 6.07) is 0. The Morgan fingerprint density at radius 2 is 1.72 bits per heavy atom. The lowest BCUT2D eigenvalue weighted by Gasteiger charge is -2.52. The van der Waals surface area contributed by atoms with Gasteiger partial charge in [0.1, 0.15) is 0 Å². The lowest BCUT2D eigenvalue weighted by Crippen LogP contribution is -2.68. The van der Waals surface area contributed by atoms with Gasteiger partial charge in [-0.25, -0.2) is 0 Å². The second-order valence-electron chi connectivity index (χ2n) is 6.69. The molecule has 1 N–H and O–H groups in total. The molecule has 1 saturated heterocycles. The van der Waals surface area contributed by atoms with Gasteiger partial charge in [-0.15, -0.1) is 0 Å². The maximum Gasteiger partial charge on any atom is 0.0335 e. The normalized spacial score (nSPS) is 30.5. The van der Waals surface area contributed by atoms with Gasteiger partial charge in [-0.1, -0.05) is 25.7 Å². The van der Waals surface area contributed by atoms with Gasteiger partial charge in [0.2, 0.25) is 0 Å². The van der Waals surface area contributed by atoms with Crippen LogP contribution in [0, 0.1) is 0 Å². The topological polar surface area (TPSA) is 15.3 Å². The zero-order valence-electron chi connectivity index (χ0n) is 11.8. The van der Waals surface area contributed by atoms with Crippen molar-refractivity contribution in [3.8, 4) is 0 Å². The summed E-state index contributed by atoms with van der Waals surface area (Å²) >= 11 is 2.01. The molecular formula is C15H28N2S. The molecule has 3 heteroatoms. The molecule has 2 aliphatic carbocycles. The fraction of sp³-hybridized carbons (Fsp3) is 1.00. The van der Waals surface area contributed by atoms with E-state index in [4.69, 9.17) is 0 Å². The molecule has 0 aromatic carbocycles. The van der Waals surface area contributed by atoms with Gasteiger partial charge >= 0.3 is 0 Å². The first-order chi connectivity index (χ1) is 8.79. The Morgan fingerprint density at radius 1 is 1.06 bits per heavy atom. The number of hydrogen-bond acceptors (Lipinski definition) is 3. The van der Waals surface area contributed by atoms with Crippen LogP contribution in [0.5, 0.6) is 0 Å². The molecule has 104 valence electrons. The summed E-state index contributed by atoms with van der Waals surface area (Å²) in [5, 5.41) is 3.99. The zero-order chi connectivity index (χ0) is 12.5. The highest BCUT2D eigenvalue weighted by molar-refractivity contribution is 7.98. The number of piperazine rings is 1. The van der Waals surface area contributed by atoms with Gasteiger partial charge in [0.15, 0.2) is 0 Å². The Labute approximate surface area is 116 Å². The van der Waals surface area contributed by atoms with Crippen molar-refractivity contribution in [2.24, 2.45) is 0 Å².